The lowest BCUT2D eigenvalue weighted by Crippen LogP contribution is -2.12. The maximum Gasteiger partial charge on any atom is 0.168 e. The molecule has 0 bridgehead atoms. The normalized spacial score (nSPS) is 10.7. The average molecular weight is 268 g/mol. The van der Waals surface area contributed by atoms with Crippen molar-refractivity contribution in [2.24, 2.45) is 0 Å². The molecule has 0 aromatic carbocycles. The molecule has 108 valence electrons. The summed E-state index contributed by atoms with van der Waals surface area (Å²) in [7, 11) is 1.67. The van der Waals surface area contributed by atoms with Gasteiger partial charge >= 0.3 is 0 Å². The van der Waals surface area contributed by atoms with E-state index in [1.807, 2.05) is 26.0 Å². The van der Waals surface area contributed by atoms with Crippen molar-refractivity contribution in [1.29, 1.82) is 0 Å². The van der Waals surface area contributed by atoms with Crippen LogP contribution in [0.25, 0.3) is 0 Å². The third-order valence-electron chi connectivity index (χ3n) is 2.32. The number of anilines is 1. The summed E-state index contributed by atoms with van der Waals surface area (Å²) in [4.78, 5) is 4.28. The van der Waals surface area contributed by atoms with Crippen LogP contribution in [0.4, 0.5) is 5.82 Å². The SMILES string of the molecule is COCCOCCCNc1ncccc1OC(C)C. The predicted molar refractivity (Wildman–Crippen MR) is 75.8 cm³/mol. The Balaban J connectivity index is 2.25. The van der Waals surface area contributed by atoms with Crippen LogP contribution in [0, 0.1) is 0 Å². The summed E-state index contributed by atoms with van der Waals surface area (Å²) in [6, 6.07) is 3.79. The lowest BCUT2D eigenvalue weighted by atomic mass is 10.3. The van der Waals surface area contributed by atoms with Gasteiger partial charge in [-0.05, 0) is 32.4 Å². The van der Waals surface area contributed by atoms with E-state index >= 15 is 0 Å². The first-order chi connectivity index (χ1) is 9.24. The second kappa shape index (κ2) is 9.58. The molecule has 1 N–H and O–H groups in total. The molecule has 0 amide bonds. The van der Waals surface area contributed by atoms with Gasteiger partial charge < -0.3 is 19.5 Å². The number of nitrogens with zero attached hydrogens (tertiary/aromatic N) is 1. The molecule has 0 unspecified atom stereocenters. The van der Waals surface area contributed by atoms with Crippen LogP contribution in [0.3, 0.4) is 0 Å². The maximum atomic E-state index is 5.68. The highest BCUT2D eigenvalue weighted by atomic mass is 16.5. The summed E-state index contributed by atoms with van der Waals surface area (Å²) in [6.45, 7) is 6.80. The molecular formula is C14H24N2O3. The molecule has 0 aliphatic rings. The van der Waals surface area contributed by atoms with Crippen LogP contribution in [-0.4, -0.2) is 44.6 Å². The molecule has 0 radical (unpaired) electrons. The lowest BCUT2D eigenvalue weighted by molar-refractivity contribution is 0.0705. The van der Waals surface area contributed by atoms with Crippen LogP contribution in [0.15, 0.2) is 18.3 Å². The van der Waals surface area contributed by atoms with E-state index in [2.05, 4.69) is 10.3 Å². The molecule has 0 atom stereocenters. The van der Waals surface area contributed by atoms with E-state index < -0.39 is 0 Å². The number of nitrogens with one attached hydrogen (secondary N) is 1. The average Bonchev–Trinajstić information content (AvgIpc) is 2.39. The van der Waals surface area contributed by atoms with E-state index in [0.717, 1.165) is 24.5 Å². The second-order valence-electron chi connectivity index (χ2n) is 4.40. The Morgan fingerprint density at radius 3 is 2.84 bits per heavy atom. The van der Waals surface area contributed by atoms with Gasteiger partial charge in [-0.1, -0.05) is 0 Å². The Kier molecular flexibility index (Phi) is 7.93. The highest BCUT2D eigenvalue weighted by Gasteiger charge is 2.05. The molecule has 0 aliphatic heterocycles. The second-order valence-corrected chi connectivity index (χ2v) is 4.40. The zero-order valence-corrected chi connectivity index (χ0v) is 12.0. The topological polar surface area (TPSA) is 52.6 Å². The number of ether oxygens (including phenoxy) is 3. The number of pyridine rings is 1. The van der Waals surface area contributed by atoms with Gasteiger partial charge in [-0.15, -0.1) is 0 Å². The predicted octanol–water partition coefficient (Wildman–Crippen LogP) is 2.33. The Morgan fingerprint density at radius 1 is 1.26 bits per heavy atom. The molecule has 0 spiro atoms. The highest BCUT2D eigenvalue weighted by Crippen LogP contribution is 2.21. The summed E-state index contributed by atoms with van der Waals surface area (Å²) in [5.41, 5.74) is 0. The van der Waals surface area contributed by atoms with Crippen molar-refractivity contribution in [2.45, 2.75) is 26.4 Å². The van der Waals surface area contributed by atoms with Crippen molar-refractivity contribution in [3.63, 3.8) is 0 Å². The van der Waals surface area contributed by atoms with Crippen LogP contribution >= 0.6 is 0 Å². The summed E-state index contributed by atoms with van der Waals surface area (Å²) in [5, 5.41) is 3.26. The van der Waals surface area contributed by atoms with Crippen LogP contribution in [0.5, 0.6) is 5.75 Å². The van der Waals surface area contributed by atoms with Crippen molar-refractivity contribution >= 4 is 5.82 Å². The van der Waals surface area contributed by atoms with Gasteiger partial charge in [-0.25, -0.2) is 4.98 Å². The molecule has 0 fully saturated rings. The van der Waals surface area contributed by atoms with Crippen molar-refractivity contribution in [3.8, 4) is 5.75 Å². The van der Waals surface area contributed by atoms with Crippen molar-refractivity contribution < 1.29 is 14.2 Å². The first kappa shape index (κ1) is 15.7. The van der Waals surface area contributed by atoms with Gasteiger partial charge in [0, 0.05) is 26.5 Å². The van der Waals surface area contributed by atoms with E-state index in [1.165, 1.54) is 0 Å². The van der Waals surface area contributed by atoms with E-state index in [9.17, 15) is 0 Å². The summed E-state index contributed by atoms with van der Waals surface area (Å²) < 4.78 is 16.0. The van der Waals surface area contributed by atoms with Crippen LogP contribution in [0.2, 0.25) is 0 Å². The minimum absolute atomic E-state index is 0.141. The first-order valence-corrected chi connectivity index (χ1v) is 6.66. The van der Waals surface area contributed by atoms with Crippen LogP contribution < -0.4 is 10.1 Å². The molecule has 1 heterocycles. The summed E-state index contributed by atoms with van der Waals surface area (Å²) >= 11 is 0. The maximum absolute atomic E-state index is 5.68. The fraction of sp³-hybridized carbons (Fsp3) is 0.643. The number of hydrogen-bond acceptors (Lipinski definition) is 5. The molecule has 0 aliphatic carbocycles. The van der Waals surface area contributed by atoms with E-state index in [1.54, 1.807) is 13.3 Å². The smallest absolute Gasteiger partial charge is 0.168 e. The Bertz CT molecular complexity index is 345. The highest BCUT2D eigenvalue weighted by molar-refractivity contribution is 5.49. The molecule has 19 heavy (non-hydrogen) atoms. The molecule has 1 rings (SSSR count). The van der Waals surface area contributed by atoms with Crippen molar-refractivity contribution in [1.82, 2.24) is 4.98 Å². The zero-order chi connectivity index (χ0) is 13.9. The van der Waals surface area contributed by atoms with Gasteiger partial charge in [0.25, 0.3) is 0 Å². The Labute approximate surface area is 115 Å². The van der Waals surface area contributed by atoms with E-state index in [0.29, 0.717) is 19.8 Å². The third-order valence-corrected chi connectivity index (χ3v) is 2.32. The first-order valence-electron chi connectivity index (χ1n) is 6.66. The standard InChI is InChI=1S/C14H24N2O3/c1-12(2)19-13-6-4-7-15-14(13)16-8-5-9-18-11-10-17-3/h4,6-7,12H,5,8-11H2,1-3H3,(H,15,16). The quantitative estimate of drug-likeness (QED) is 0.660. The van der Waals surface area contributed by atoms with E-state index in [-0.39, 0.29) is 6.10 Å². The molecular weight excluding hydrogens is 244 g/mol. The van der Waals surface area contributed by atoms with Gasteiger partial charge in [0.05, 0.1) is 19.3 Å². The van der Waals surface area contributed by atoms with Gasteiger partial charge in [0.1, 0.15) is 0 Å². The van der Waals surface area contributed by atoms with E-state index in [4.69, 9.17) is 14.2 Å². The number of aromatic nitrogens is 1. The fourth-order valence-corrected chi connectivity index (χ4v) is 1.50. The number of methoxy groups -OCH3 is 1. The molecule has 0 saturated heterocycles. The monoisotopic (exact) mass is 268 g/mol. The minimum atomic E-state index is 0.141. The zero-order valence-electron chi connectivity index (χ0n) is 12.0. The summed E-state index contributed by atoms with van der Waals surface area (Å²) in [6.07, 6.45) is 2.81. The van der Waals surface area contributed by atoms with Gasteiger partial charge in [0.2, 0.25) is 0 Å². The van der Waals surface area contributed by atoms with Crippen LogP contribution in [-0.2, 0) is 9.47 Å². The lowest BCUT2D eigenvalue weighted by Gasteiger charge is -2.14. The molecule has 1 aromatic heterocycles. The summed E-state index contributed by atoms with van der Waals surface area (Å²) in [5.74, 6) is 1.57. The third kappa shape index (κ3) is 6.98. The van der Waals surface area contributed by atoms with Crippen molar-refractivity contribution in [2.75, 3.05) is 38.8 Å². The largest absolute Gasteiger partial charge is 0.487 e. The molecule has 5 nitrogen and oxygen atoms in total. The number of rotatable bonds is 10. The van der Waals surface area contributed by atoms with Gasteiger partial charge in [-0.2, -0.15) is 0 Å². The molecule has 1 aromatic rings. The number of hydrogen-bond donors (Lipinski definition) is 1. The van der Waals surface area contributed by atoms with Gasteiger partial charge in [0.15, 0.2) is 11.6 Å². The Hall–Kier alpha value is -1.33. The molecule has 0 saturated carbocycles. The fourth-order valence-electron chi connectivity index (χ4n) is 1.50. The minimum Gasteiger partial charge on any atom is -0.487 e. The van der Waals surface area contributed by atoms with Gasteiger partial charge in [-0.3, -0.25) is 0 Å². The van der Waals surface area contributed by atoms with Crippen molar-refractivity contribution in [3.05, 3.63) is 18.3 Å². The van der Waals surface area contributed by atoms with Crippen LogP contribution in [0.1, 0.15) is 20.3 Å². The molecule has 5 heteroatoms. The Morgan fingerprint density at radius 2 is 2.11 bits per heavy atom.